The molecule has 1 atom stereocenters. The van der Waals surface area contributed by atoms with Crippen LogP contribution in [0.1, 0.15) is 22.7 Å². The van der Waals surface area contributed by atoms with E-state index in [-0.39, 0.29) is 6.04 Å². The van der Waals surface area contributed by atoms with E-state index in [9.17, 15) is 0 Å². The van der Waals surface area contributed by atoms with Gasteiger partial charge in [0.2, 0.25) is 0 Å². The number of aryl methyl sites for hydroxylation is 1. The Bertz CT molecular complexity index is 617. The second kappa shape index (κ2) is 6.11. The monoisotopic (exact) mass is 292 g/mol. The largest absolute Gasteiger partial charge is 0.493 e. The maximum atomic E-state index is 6.27. The van der Waals surface area contributed by atoms with Gasteiger partial charge in [0.25, 0.3) is 0 Å². The number of methoxy groups -OCH3 is 2. The molecule has 0 saturated heterocycles. The molecule has 0 bridgehead atoms. The highest BCUT2D eigenvalue weighted by Crippen LogP contribution is 2.38. The van der Waals surface area contributed by atoms with Crippen LogP contribution in [0.3, 0.4) is 0 Å². The van der Waals surface area contributed by atoms with E-state index in [1.165, 1.54) is 0 Å². The molecule has 1 heterocycles. The van der Waals surface area contributed by atoms with Crippen LogP contribution >= 0.6 is 11.6 Å². The number of rotatable bonds is 4. The summed E-state index contributed by atoms with van der Waals surface area (Å²) < 4.78 is 10.5. The summed E-state index contributed by atoms with van der Waals surface area (Å²) in [7, 11) is 3.12. The lowest BCUT2D eigenvalue weighted by molar-refractivity contribution is 0.354. The number of hydrogen-bond donors (Lipinski definition) is 1. The first-order valence-corrected chi connectivity index (χ1v) is 6.53. The minimum atomic E-state index is -0.320. The van der Waals surface area contributed by atoms with Crippen LogP contribution in [0, 0.1) is 6.92 Å². The molecule has 20 heavy (non-hydrogen) atoms. The molecule has 2 aromatic rings. The van der Waals surface area contributed by atoms with Crippen molar-refractivity contribution in [2.24, 2.45) is 5.73 Å². The average molecular weight is 293 g/mol. The minimum Gasteiger partial charge on any atom is -0.493 e. The normalized spacial score (nSPS) is 12.1. The predicted octanol–water partition coefficient (Wildman–Crippen LogP) is 3.11. The molecular weight excluding hydrogens is 276 g/mol. The molecule has 0 aliphatic heterocycles. The fourth-order valence-corrected chi connectivity index (χ4v) is 2.35. The molecule has 0 fully saturated rings. The Labute approximate surface area is 123 Å². The smallest absolute Gasteiger partial charge is 0.179 e. The zero-order chi connectivity index (χ0) is 14.7. The molecule has 0 saturated carbocycles. The van der Waals surface area contributed by atoms with Gasteiger partial charge in [-0.2, -0.15) is 0 Å². The zero-order valence-electron chi connectivity index (χ0n) is 11.7. The van der Waals surface area contributed by atoms with Crippen molar-refractivity contribution < 1.29 is 9.47 Å². The second-order valence-electron chi connectivity index (χ2n) is 4.51. The molecule has 0 amide bonds. The molecule has 0 spiro atoms. The number of benzene rings is 1. The number of hydrogen-bond acceptors (Lipinski definition) is 4. The Morgan fingerprint density at radius 1 is 1.10 bits per heavy atom. The van der Waals surface area contributed by atoms with E-state index < -0.39 is 0 Å². The lowest BCUT2D eigenvalue weighted by Gasteiger charge is -2.16. The fourth-order valence-electron chi connectivity index (χ4n) is 2.06. The minimum absolute atomic E-state index is 0.320. The quantitative estimate of drug-likeness (QED) is 0.941. The molecule has 0 aliphatic rings. The number of pyridine rings is 1. The van der Waals surface area contributed by atoms with Gasteiger partial charge in [0.05, 0.1) is 25.3 Å². The second-order valence-corrected chi connectivity index (χ2v) is 4.92. The van der Waals surface area contributed by atoms with Gasteiger partial charge in [0.15, 0.2) is 11.5 Å². The SMILES string of the molecule is COc1cc(C(N)c2cncc(C)c2)cc(Cl)c1OC. The molecule has 1 unspecified atom stereocenters. The Morgan fingerprint density at radius 2 is 1.85 bits per heavy atom. The maximum Gasteiger partial charge on any atom is 0.179 e. The van der Waals surface area contributed by atoms with Crippen LogP contribution in [0.2, 0.25) is 5.02 Å². The molecule has 1 aromatic heterocycles. The molecule has 2 N–H and O–H groups in total. The van der Waals surface area contributed by atoms with Gasteiger partial charge in [-0.3, -0.25) is 4.98 Å². The Kier molecular flexibility index (Phi) is 4.47. The maximum absolute atomic E-state index is 6.27. The van der Waals surface area contributed by atoms with Crippen molar-refractivity contribution in [1.82, 2.24) is 4.98 Å². The first kappa shape index (κ1) is 14.6. The summed E-state index contributed by atoms with van der Waals surface area (Å²) in [5.41, 5.74) is 9.11. The number of ether oxygens (including phenoxy) is 2. The van der Waals surface area contributed by atoms with Crippen LogP contribution < -0.4 is 15.2 Å². The summed E-state index contributed by atoms with van der Waals surface area (Å²) in [6, 6.07) is 5.30. The van der Waals surface area contributed by atoms with Crippen molar-refractivity contribution >= 4 is 11.6 Å². The summed E-state index contributed by atoms with van der Waals surface area (Å²) in [5.74, 6) is 1.07. The van der Waals surface area contributed by atoms with E-state index in [2.05, 4.69) is 4.98 Å². The molecule has 4 nitrogen and oxygen atoms in total. The molecule has 106 valence electrons. The molecule has 2 rings (SSSR count). The summed E-state index contributed by atoms with van der Waals surface area (Å²) in [6.45, 7) is 1.98. The number of nitrogens with zero attached hydrogens (tertiary/aromatic N) is 1. The van der Waals surface area contributed by atoms with Gasteiger partial charge in [0, 0.05) is 12.4 Å². The first-order valence-electron chi connectivity index (χ1n) is 6.15. The summed E-state index contributed by atoms with van der Waals surface area (Å²) in [6.07, 6.45) is 3.54. The van der Waals surface area contributed by atoms with Gasteiger partial charge < -0.3 is 15.2 Å². The van der Waals surface area contributed by atoms with Gasteiger partial charge in [-0.05, 0) is 35.7 Å². The van der Waals surface area contributed by atoms with E-state index >= 15 is 0 Å². The summed E-state index contributed by atoms with van der Waals surface area (Å²) >= 11 is 6.20. The van der Waals surface area contributed by atoms with Crippen molar-refractivity contribution in [3.05, 3.63) is 52.3 Å². The predicted molar refractivity (Wildman–Crippen MR) is 79.6 cm³/mol. The lowest BCUT2D eigenvalue weighted by Crippen LogP contribution is -2.12. The third-order valence-electron chi connectivity index (χ3n) is 3.07. The average Bonchev–Trinajstić information content (AvgIpc) is 2.45. The van der Waals surface area contributed by atoms with E-state index in [0.29, 0.717) is 16.5 Å². The van der Waals surface area contributed by atoms with Gasteiger partial charge in [-0.25, -0.2) is 0 Å². The molecule has 0 radical (unpaired) electrons. The molecule has 1 aromatic carbocycles. The third kappa shape index (κ3) is 2.86. The van der Waals surface area contributed by atoms with Crippen molar-refractivity contribution in [2.45, 2.75) is 13.0 Å². The van der Waals surface area contributed by atoms with Crippen molar-refractivity contribution in [2.75, 3.05) is 14.2 Å². The molecule has 0 aliphatic carbocycles. The summed E-state index contributed by atoms with van der Waals surface area (Å²) in [4.78, 5) is 4.16. The van der Waals surface area contributed by atoms with Gasteiger partial charge >= 0.3 is 0 Å². The topological polar surface area (TPSA) is 57.4 Å². The number of halogens is 1. The highest BCUT2D eigenvalue weighted by atomic mass is 35.5. The van der Waals surface area contributed by atoms with Gasteiger partial charge in [-0.15, -0.1) is 0 Å². The van der Waals surface area contributed by atoms with Crippen LogP contribution in [-0.2, 0) is 0 Å². The molecular formula is C15H17ClN2O2. The summed E-state index contributed by atoms with van der Waals surface area (Å²) in [5, 5.41) is 0.470. The van der Waals surface area contributed by atoms with Crippen LogP contribution in [0.25, 0.3) is 0 Å². The number of nitrogens with two attached hydrogens (primary N) is 1. The Morgan fingerprint density at radius 3 is 2.45 bits per heavy atom. The first-order chi connectivity index (χ1) is 9.56. The highest BCUT2D eigenvalue weighted by molar-refractivity contribution is 6.32. The van der Waals surface area contributed by atoms with Crippen molar-refractivity contribution in [1.29, 1.82) is 0 Å². The van der Waals surface area contributed by atoms with Crippen LogP contribution in [0.5, 0.6) is 11.5 Å². The Balaban J connectivity index is 2.45. The molecule has 5 heteroatoms. The third-order valence-corrected chi connectivity index (χ3v) is 3.35. The highest BCUT2D eigenvalue weighted by Gasteiger charge is 2.16. The van der Waals surface area contributed by atoms with Gasteiger partial charge in [0.1, 0.15) is 0 Å². The van der Waals surface area contributed by atoms with Gasteiger partial charge in [-0.1, -0.05) is 17.7 Å². The standard InChI is InChI=1S/C15H17ClN2O2/c1-9-4-11(8-18-7-9)14(17)10-5-12(16)15(20-3)13(6-10)19-2/h4-8,14H,17H2,1-3H3. The Hall–Kier alpha value is -1.78. The van der Waals surface area contributed by atoms with Crippen LogP contribution in [-0.4, -0.2) is 19.2 Å². The van der Waals surface area contributed by atoms with E-state index in [0.717, 1.165) is 16.7 Å². The van der Waals surface area contributed by atoms with Crippen molar-refractivity contribution in [3.8, 4) is 11.5 Å². The van der Waals surface area contributed by atoms with E-state index in [4.69, 9.17) is 26.8 Å². The lowest BCUT2D eigenvalue weighted by atomic mass is 9.99. The van der Waals surface area contributed by atoms with Crippen molar-refractivity contribution in [3.63, 3.8) is 0 Å². The van der Waals surface area contributed by atoms with Crippen LogP contribution in [0.15, 0.2) is 30.6 Å². The number of aromatic nitrogens is 1. The van der Waals surface area contributed by atoms with E-state index in [1.807, 2.05) is 19.1 Å². The van der Waals surface area contributed by atoms with Crippen LogP contribution in [0.4, 0.5) is 0 Å². The van der Waals surface area contributed by atoms with E-state index in [1.54, 1.807) is 32.7 Å². The zero-order valence-corrected chi connectivity index (χ0v) is 12.4. The fraction of sp³-hybridized carbons (Fsp3) is 0.267.